The van der Waals surface area contributed by atoms with Gasteiger partial charge < -0.3 is 14.8 Å². The number of benzene rings is 2. The summed E-state index contributed by atoms with van der Waals surface area (Å²) in [5.41, 5.74) is 3.90. The number of nitrogens with one attached hydrogen (secondary N) is 1. The highest BCUT2D eigenvalue weighted by Gasteiger charge is 2.32. The fraction of sp³-hybridized carbons (Fsp3) is 0.190. The van der Waals surface area contributed by atoms with Crippen molar-refractivity contribution in [2.75, 3.05) is 19.5 Å². The Morgan fingerprint density at radius 2 is 1.89 bits per heavy atom. The van der Waals surface area contributed by atoms with E-state index >= 15 is 0 Å². The van der Waals surface area contributed by atoms with Crippen molar-refractivity contribution >= 4 is 34.5 Å². The third-order valence-electron chi connectivity index (χ3n) is 4.76. The molecule has 27 heavy (non-hydrogen) atoms. The Labute approximate surface area is 166 Å². The molecule has 0 bridgehead atoms. The molecular formula is C21H18ClNO3S. The van der Waals surface area contributed by atoms with Crippen LogP contribution in [0.15, 0.2) is 47.8 Å². The van der Waals surface area contributed by atoms with Crippen LogP contribution >= 0.6 is 22.9 Å². The van der Waals surface area contributed by atoms with Gasteiger partial charge in [0.1, 0.15) is 11.5 Å². The van der Waals surface area contributed by atoms with E-state index in [9.17, 15) is 4.79 Å². The van der Waals surface area contributed by atoms with Gasteiger partial charge in [0, 0.05) is 44.8 Å². The van der Waals surface area contributed by atoms with Gasteiger partial charge in [0.05, 0.1) is 19.9 Å². The van der Waals surface area contributed by atoms with Crippen LogP contribution in [0.1, 0.15) is 22.8 Å². The maximum atomic E-state index is 12.5. The van der Waals surface area contributed by atoms with Gasteiger partial charge in [-0.3, -0.25) is 4.79 Å². The summed E-state index contributed by atoms with van der Waals surface area (Å²) in [5, 5.41) is 5.83. The second kappa shape index (κ2) is 7.25. The molecule has 0 unspecified atom stereocenters. The van der Waals surface area contributed by atoms with Crippen LogP contribution in [0.3, 0.4) is 0 Å². The first-order chi connectivity index (χ1) is 13.1. The minimum atomic E-state index is -0.0549. The van der Waals surface area contributed by atoms with Crippen LogP contribution in [0.2, 0.25) is 5.02 Å². The van der Waals surface area contributed by atoms with E-state index in [-0.39, 0.29) is 11.8 Å². The van der Waals surface area contributed by atoms with E-state index in [1.54, 1.807) is 25.6 Å². The van der Waals surface area contributed by atoms with E-state index in [0.717, 1.165) is 38.8 Å². The second-order valence-electron chi connectivity index (χ2n) is 6.31. The lowest BCUT2D eigenvalue weighted by Crippen LogP contribution is -2.22. The summed E-state index contributed by atoms with van der Waals surface area (Å²) in [6, 6.07) is 13.4. The molecule has 0 radical (unpaired) electrons. The minimum Gasteiger partial charge on any atom is -0.497 e. The van der Waals surface area contributed by atoms with E-state index in [1.807, 2.05) is 42.5 Å². The third kappa shape index (κ3) is 3.29. The number of fused-ring (bicyclic) bond motifs is 1. The SMILES string of the molecule is COc1ccc([C@@H]2CC(=O)Nc3c(-c4ccc(Cl)cc4)csc32)c(OC)c1. The predicted octanol–water partition coefficient (Wildman–Crippen LogP) is 5.56. The van der Waals surface area contributed by atoms with E-state index in [1.165, 1.54) is 0 Å². The van der Waals surface area contributed by atoms with Gasteiger partial charge in [0.25, 0.3) is 0 Å². The monoisotopic (exact) mass is 399 g/mol. The molecular weight excluding hydrogens is 382 g/mol. The topological polar surface area (TPSA) is 47.6 Å². The average Bonchev–Trinajstić information content (AvgIpc) is 3.11. The van der Waals surface area contributed by atoms with Crippen LogP contribution in [0, 0.1) is 0 Å². The Morgan fingerprint density at radius 1 is 1.11 bits per heavy atom. The van der Waals surface area contributed by atoms with Crippen molar-refractivity contribution < 1.29 is 14.3 Å². The largest absolute Gasteiger partial charge is 0.497 e. The number of methoxy groups -OCH3 is 2. The molecule has 4 rings (SSSR count). The summed E-state index contributed by atoms with van der Waals surface area (Å²) in [6.45, 7) is 0. The van der Waals surface area contributed by atoms with E-state index < -0.39 is 0 Å². The van der Waals surface area contributed by atoms with Crippen LogP contribution < -0.4 is 14.8 Å². The lowest BCUT2D eigenvalue weighted by Gasteiger charge is -2.25. The highest BCUT2D eigenvalue weighted by molar-refractivity contribution is 7.11. The quantitative estimate of drug-likeness (QED) is 0.624. The smallest absolute Gasteiger partial charge is 0.225 e. The number of thiophene rings is 1. The van der Waals surface area contributed by atoms with Crippen LogP contribution in [-0.4, -0.2) is 20.1 Å². The molecule has 0 aliphatic carbocycles. The van der Waals surface area contributed by atoms with Gasteiger partial charge >= 0.3 is 0 Å². The normalized spacial score (nSPS) is 15.8. The molecule has 138 valence electrons. The summed E-state index contributed by atoms with van der Waals surface area (Å²) in [4.78, 5) is 13.6. The van der Waals surface area contributed by atoms with Crippen molar-refractivity contribution in [3.63, 3.8) is 0 Å². The fourth-order valence-corrected chi connectivity index (χ4v) is 4.70. The van der Waals surface area contributed by atoms with Crippen LogP contribution in [0.5, 0.6) is 11.5 Å². The molecule has 2 aromatic carbocycles. The molecule has 0 fully saturated rings. The van der Waals surface area contributed by atoms with Crippen LogP contribution in [0.4, 0.5) is 5.69 Å². The summed E-state index contributed by atoms with van der Waals surface area (Å²) in [6.07, 6.45) is 0.385. The number of hydrogen-bond donors (Lipinski definition) is 1. The standard InChI is InChI=1S/C21H18ClNO3S/c1-25-14-7-8-15(18(9-14)26-2)16-10-19(24)23-20-17(11-27-21(16)20)12-3-5-13(22)6-4-12/h3-9,11,16H,10H2,1-2H3,(H,23,24)/t16-/m0/s1. The molecule has 0 saturated carbocycles. The maximum absolute atomic E-state index is 12.5. The van der Waals surface area contributed by atoms with Gasteiger partial charge in [-0.1, -0.05) is 29.8 Å². The second-order valence-corrected chi connectivity index (χ2v) is 7.66. The number of carbonyl (C=O) groups is 1. The Kier molecular flexibility index (Phi) is 4.81. The Morgan fingerprint density at radius 3 is 2.59 bits per heavy atom. The number of ether oxygens (including phenoxy) is 2. The van der Waals surface area contributed by atoms with E-state index in [0.29, 0.717) is 11.4 Å². The molecule has 4 nitrogen and oxygen atoms in total. The van der Waals surface area contributed by atoms with Crippen molar-refractivity contribution in [2.45, 2.75) is 12.3 Å². The first kappa shape index (κ1) is 17.9. The van der Waals surface area contributed by atoms with Crippen LogP contribution in [0.25, 0.3) is 11.1 Å². The van der Waals surface area contributed by atoms with Crippen molar-refractivity contribution in [1.29, 1.82) is 0 Å². The molecule has 1 aliphatic rings. The molecule has 1 aromatic heterocycles. The molecule has 6 heteroatoms. The molecule has 3 aromatic rings. The van der Waals surface area contributed by atoms with E-state index in [4.69, 9.17) is 21.1 Å². The van der Waals surface area contributed by atoms with Crippen molar-refractivity contribution in [3.05, 3.63) is 63.3 Å². The Hall–Kier alpha value is -2.50. The Bertz CT molecular complexity index is 997. The number of anilines is 1. The fourth-order valence-electron chi connectivity index (χ4n) is 3.43. The van der Waals surface area contributed by atoms with Crippen molar-refractivity contribution in [3.8, 4) is 22.6 Å². The van der Waals surface area contributed by atoms with Gasteiger partial charge in [-0.05, 0) is 23.8 Å². The van der Waals surface area contributed by atoms with Gasteiger partial charge in [0.2, 0.25) is 5.91 Å². The molecule has 1 aliphatic heterocycles. The highest BCUT2D eigenvalue weighted by Crippen LogP contribution is 2.48. The van der Waals surface area contributed by atoms with Gasteiger partial charge in [-0.2, -0.15) is 0 Å². The molecule has 2 heterocycles. The lowest BCUT2D eigenvalue weighted by molar-refractivity contribution is -0.116. The number of halogens is 1. The van der Waals surface area contributed by atoms with Crippen LogP contribution in [-0.2, 0) is 4.79 Å². The van der Waals surface area contributed by atoms with E-state index in [2.05, 4.69) is 10.7 Å². The Balaban J connectivity index is 1.81. The summed E-state index contributed by atoms with van der Waals surface area (Å²) < 4.78 is 10.9. The number of hydrogen-bond acceptors (Lipinski definition) is 4. The molecule has 0 saturated heterocycles. The van der Waals surface area contributed by atoms with Crippen molar-refractivity contribution in [1.82, 2.24) is 0 Å². The van der Waals surface area contributed by atoms with Gasteiger partial charge in [-0.15, -0.1) is 11.3 Å². The number of amides is 1. The minimum absolute atomic E-state index is 0.000940. The predicted molar refractivity (Wildman–Crippen MR) is 109 cm³/mol. The summed E-state index contributed by atoms with van der Waals surface area (Å²) in [7, 11) is 3.26. The summed E-state index contributed by atoms with van der Waals surface area (Å²) >= 11 is 7.66. The molecule has 1 amide bonds. The maximum Gasteiger partial charge on any atom is 0.225 e. The zero-order valence-electron chi connectivity index (χ0n) is 14.9. The number of carbonyl (C=O) groups excluding carboxylic acids is 1. The first-order valence-corrected chi connectivity index (χ1v) is 9.75. The zero-order chi connectivity index (χ0) is 19.0. The lowest BCUT2D eigenvalue weighted by atomic mass is 9.88. The average molecular weight is 400 g/mol. The molecule has 0 spiro atoms. The van der Waals surface area contributed by atoms with Crippen molar-refractivity contribution in [2.24, 2.45) is 0 Å². The number of rotatable bonds is 4. The zero-order valence-corrected chi connectivity index (χ0v) is 16.5. The van der Waals surface area contributed by atoms with Gasteiger partial charge in [-0.25, -0.2) is 0 Å². The summed E-state index contributed by atoms with van der Waals surface area (Å²) in [5.74, 6) is 1.39. The first-order valence-electron chi connectivity index (χ1n) is 8.49. The molecule has 1 N–H and O–H groups in total. The van der Waals surface area contributed by atoms with Gasteiger partial charge in [0.15, 0.2) is 0 Å². The highest BCUT2D eigenvalue weighted by atomic mass is 35.5. The molecule has 1 atom stereocenters. The third-order valence-corrected chi connectivity index (χ3v) is 6.11.